The van der Waals surface area contributed by atoms with Crippen molar-refractivity contribution in [1.29, 1.82) is 0 Å². The zero-order valence-corrected chi connectivity index (χ0v) is 10.2. The first-order valence-corrected chi connectivity index (χ1v) is 5.98. The average Bonchev–Trinajstić information content (AvgIpc) is 2.93. The largest absolute Gasteiger partial charge is 0.486 e. The van der Waals surface area contributed by atoms with Crippen molar-refractivity contribution in [2.24, 2.45) is 0 Å². The third-order valence-corrected chi connectivity index (χ3v) is 3.02. The van der Waals surface area contributed by atoms with Gasteiger partial charge in [0.2, 0.25) is 0 Å². The zero-order chi connectivity index (χ0) is 12.4. The molecule has 0 saturated heterocycles. The van der Waals surface area contributed by atoms with Crippen molar-refractivity contribution in [3.05, 3.63) is 47.9 Å². The summed E-state index contributed by atoms with van der Waals surface area (Å²) in [6.07, 6.45) is 1.68. The SMILES string of the molecule is CNC(c1ccc2c(c1)OCCO2)c1ccco1. The van der Waals surface area contributed by atoms with Crippen LogP contribution < -0.4 is 14.8 Å². The Bertz CT molecular complexity index is 522. The van der Waals surface area contributed by atoms with Crippen molar-refractivity contribution >= 4 is 0 Å². The molecule has 0 spiro atoms. The molecule has 3 rings (SSSR count). The molecule has 1 aromatic carbocycles. The van der Waals surface area contributed by atoms with Gasteiger partial charge in [-0.2, -0.15) is 0 Å². The number of ether oxygens (including phenoxy) is 2. The summed E-state index contributed by atoms with van der Waals surface area (Å²) in [4.78, 5) is 0. The minimum absolute atomic E-state index is 0.0239. The quantitative estimate of drug-likeness (QED) is 0.901. The van der Waals surface area contributed by atoms with Gasteiger partial charge < -0.3 is 19.2 Å². The summed E-state index contributed by atoms with van der Waals surface area (Å²) in [7, 11) is 1.91. The number of fused-ring (bicyclic) bond motifs is 1. The van der Waals surface area contributed by atoms with Gasteiger partial charge in [0.15, 0.2) is 11.5 Å². The normalized spacial score (nSPS) is 15.4. The molecule has 1 aliphatic heterocycles. The summed E-state index contributed by atoms with van der Waals surface area (Å²) in [5, 5.41) is 3.24. The Hall–Kier alpha value is -1.94. The lowest BCUT2D eigenvalue weighted by molar-refractivity contribution is 0.171. The van der Waals surface area contributed by atoms with E-state index in [1.165, 1.54) is 0 Å². The van der Waals surface area contributed by atoms with E-state index in [-0.39, 0.29) is 6.04 Å². The van der Waals surface area contributed by atoms with Gasteiger partial charge in [0.05, 0.1) is 12.3 Å². The number of benzene rings is 1. The summed E-state index contributed by atoms with van der Waals surface area (Å²) in [5.74, 6) is 2.49. The molecule has 1 atom stereocenters. The van der Waals surface area contributed by atoms with E-state index in [9.17, 15) is 0 Å². The molecule has 0 bridgehead atoms. The van der Waals surface area contributed by atoms with Crippen LogP contribution in [0.1, 0.15) is 17.4 Å². The fraction of sp³-hybridized carbons (Fsp3) is 0.286. The second-order valence-corrected chi connectivity index (χ2v) is 4.14. The van der Waals surface area contributed by atoms with Crippen LogP contribution in [0.3, 0.4) is 0 Å². The highest BCUT2D eigenvalue weighted by Crippen LogP contribution is 2.34. The van der Waals surface area contributed by atoms with Crippen LogP contribution in [0.5, 0.6) is 11.5 Å². The highest BCUT2D eigenvalue weighted by Gasteiger charge is 2.18. The molecule has 2 heterocycles. The summed E-state index contributed by atoms with van der Waals surface area (Å²) in [5.41, 5.74) is 1.09. The number of hydrogen-bond acceptors (Lipinski definition) is 4. The van der Waals surface area contributed by atoms with Gasteiger partial charge in [-0.05, 0) is 36.9 Å². The van der Waals surface area contributed by atoms with E-state index >= 15 is 0 Å². The van der Waals surface area contributed by atoms with E-state index in [0.29, 0.717) is 13.2 Å². The Morgan fingerprint density at radius 2 is 1.94 bits per heavy atom. The number of nitrogens with one attached hydrogen (secondary N) is 1. The first kappa shape index (κ1) is 11.2. The molecule has 0 aliphatic carbocycles. The maximum atomic E-state index is 5.59. The van der Waals surface area contributed by atoms with E-state index in [2.05, 4.69) is 5.32 Å². The van der Waals surface area contributed by atoms with Crippen LogP contribution in [0.2, 0.25) is 0 Å². The van der Waals surface area contributed by atoms with Crippen LogP contribution in [-0.4, -0.2) is 20.3 Å². The van der Waals surface area contributed by atoms with Crippen LogP contribution in [0.25, 0.3) is 0 Å². The average molecular weight is 245 g/mol. The molecule has 1 N–H and O–H groups in total. The van der Waals surface area contributed by atoms with Crippen molar-refractivity contribution < 1.29 is 13.9 Å². The Morgan fingerprint density at radius 3 is 2.67 bits per heavy atom. The Balaban J connectivity index is 1.95. The summed E-state index contributed by atoms with van der Waals surface area (Å²) >= 11 is 0. The van der Waals surface area contributed by atoms with Gasteiger partial charge in [-0.15, -0.1) is 0 Å². The third kappa shape index (κ3) is 1.95. The van der Waals surface area contributed by atoms with E-state index in [4.69, 9.17) is 13.9 Å². The summed E-state index contributed by atoms with van der Waals surface area (Å²) in [6.45, 7) is 1.21. The second-order valence-electron chi connectivity index (χ2n) is 4.14. The summed E-state index contributed by atoms with van der Waals surface area (Å²) in [6, 6.07) is 9.83. The van der Waals surface area contributed by atoms with E-state index < -0.39 is 0 Å². The number of hydrogen-bond donors (Lipinski definition) is 1. The monoisotopic (exact) mass is 245 g/mol. The molecular formula is C14H15NO3. The van der Waals surface area contributed by atoms with Crippen LogP contribution in [0, 0.1) is 0 Å². The van der Waals surface area contributed by atoms with Crippen LogP contribution in [0.4, 0.5) is 0 Å². The van der Waals surface area contributed by atoms with E-state index in [1.807, 2.05) is 37.4 Å². The van der Waals surface area contributed by atoms with Crippen molar-refractivity contribution in [2.45, 2.75) is 6.04 Å². The minimum Gasteiger partial charge on any atom is -0.486 e. The Kier molecular flexibility index (Phi) is 2.94. The first-order valence-electron chi connectivity index (χ1n) is 5.98. The lowest BCUT2D eigenvalue weighted by Gasteiger charge is -2.21. The number of rotatable bonds is 3. The zero-order valence-electron chi connectivity index (χ0n) is 10.2. The maximum absolute atomic E-state index is 5.59. The van der Waals surface area contributed by atoms with Crippen molar-refractivity contribution in [3.63, 3.8) is 0 Å². The van der Waals surface area contributed by atoms with Gasteiger partial charge in [-0.25, -0.2) is 0 Å². The molecule has 1 aliphatic rings. The van der Waals surface area contributed by atoms with Gasteiger partial charge in [-0.1, -0.05) is 6.07 Å². The topological polar surface area (TPSA) is 43.6 Å². The second kappa shape index (κ2) is 4.74. The smallest absolute Gasteiger partial charge is 0.161 e. The molecule has 0 fully saturated rings. The predicted molar refractivity (Wildman–Crippen MR) is 67.0 cm³/mol. The van der Waals surface area contributed by atoms with Gasteiger partial charge >= 0.3 is 0 Å². The lowest BCUT2D eigenvalue weighted by Crippen LogP contribution is -2.19. The van der Waals surface area contributed by atoms with Gasteiger partial charge in [0, 0.05) is 0 Å². The van der Waals surface area contributed by atoms with Gasteiger partial charge in [0.1, 0.15) is 19.0 Å². The van der Waals surface area contributed by atoms with Gasteiger partial charge in [-0.3, -0.25) is 0 Å². The molecule has 1 aromatic heterocycles. The molecule has 94 valence electrons. The van der Waals surface area contributed by atoms with E-state index in [0.717, 1.165) is 22.8 Å². The molecule has 0 radical (unpaired) electrons. The van der Waals surface area contributed by atoms with Crippen molar-refractivity contribution in [1.82, 2.24) is 5.32 Å². The Labute approximate surface area is 106 Å². The molecule has 18 heavy (non-hydrogen) atoms. The van der Waals surface area contributed by atoms with Crippen LogP contribution in [0.15, 0.2) is 41.0 Å². The maximum Gasteiger partial charge on any atom is 0.161 e. The van der Waals surface area contributed by atoms with Crippen LogP contribution >= 0.6 is 0 Å². The molecule has 4 nitrogen and oxygen atoms in total. The lowest BCUT2D eigenvalue weighted by atomic mass is 10.0. The molecule has 0 saturated carbocycles. The molecular weight excluding hydrogens is 230 g/mol. The molecule has 2 aromatic rings. The fourth-order valence-electron chi connectivity index (χ4n) is 2.17. The van der Waals surface area contributed by atoms with Crippen LogP contribution in [-0.2, 0) is 0 Å². The van der Waals surface area contributed by atoms with Crippen molar-refractivity contribution in [3.8, 4) is 11.5 Å². The molecule has 4 heteroatoms. The van der Waals surface area contributed by atoms with E-state index in [1.54, 1.807) is 6.26 Å². The highest BCUT2D eigenvalue weighted by atomic mass is 16.6. The van der Waals surface area contributed by atoms with Crippen molar-refractivity contribution in [2.75, 3.05) is 20.3 Å². The molecule has 0 amide bonds. The van der Waals surface area contributed by atoms with Gasteiger partial charge in [0.25, 0.3) is 0 Å². The highest BCUT2D eigenvalue weighted by molar-refractivity contribution is 5.45. The Morgan fingerprint density at radius 1 is 1.11 bits per heavy atom. The number of furan rings is 1. The minimum atomic E-state index is 0.0239. The first-order chi connectivity index (χ1) is 8.88. The summed E-state index contributed by atoms with van der Waals surface area (Å²) < 4.78 is 16.6. The molecule has 1 unspecified atom stereocenters. The predicted octanol–water partition coefficient (Wildman–Crippen LogP) is 2.36. The fourth-order valence-corrected chi connectivity index (χ4v) is 2.17. The standard InChI is InChI=1S/C14H15NO3/c1-15-14(12-3-2-6-16-12)10-4-5-11-13(9-10)18-8-7-17-11/h2-6,9,14-15H,7-8H2,1H3. The third-order valence-electron chi connectivity index (χ3n) is 3.02.